The van der Waals surface area contributed by atoms with Gasteiger partial charge in [-0.05, 0) is 34.9 Å². The van der Waals surface area contributed by atoms with Crippen LogP contribution in [-0.2, 0) is 34.7 Å². The fourth-order valence-electron chi connectivity index (χ4n) is 3.09. The number of ketones is 1. The molecule has 0 bridgehead atoms. The highest BCUT2D eigenvalue weighted by molar-refractivity contribution is 7.89. The van der Waals surface area contributed by atoms with Gasteiger partial charge in [0.1, 0.15) is 12.3 Å². The van der Waals surface area contributed by atoms with Crippen LogP contribution >= 0.6 is 0 Å². The first-order valence-electron chi connectivity index (χ1n) is 9.28. The second-order valence-electron chi connectivity index (χ2n) is 6.96. The van der Waals surface area contributed by atoms with Crippen molar-refractivity contribution in [3.8, 4) is 11.1 Å². The first kappa shape index (κ1) is 22.7. The largest absolute Gasteiger partial charge is 0.402 e. The first-order chi connectivity index (χ1) is 14.5. The summed E-state index contributed by atoms with van der Waals surface area (Å²) in [5.74, 6) is -0.182. The highest BCUT2D eigenvalue weighted by Crippen LogP contribution is 2.27. The second-order valence-corrected chi connectivity index (χ2v) is 8.73. The lowest BCUT2D eigenvalue weighted by atomic mass is 9.95. The molecule has 1 N–H and O–H groups in total. The van der Waals surface area contributed by atoms with E-state index >= 15 is 0 Å². The Morgan fingerprint density at radius 1 is 1.06 bits per heavy atom. The van der Waals surface area contributed by atoms with Gasteiger partial charge in [0.05, 0.1) is 4.90 Å². The average Bonchev–Trinajstić information content (AvgIpc) is 3.11. The minimum absolute atomic E-state index is 0.0853. The van der Waals surface area contributed by atoms with E-state index in [0.29, 0.717) is 16.8 Å². The molecule has 3 aromatic rings. The van der Waals surface area contributed by atoms with E-state index in [1.54, 1.807) is 53.0 Å². The molecule has 0 aliphatic heterocycles. The lowest BCUT2D eigenvalue weighted by molar-refractivity contribution is -0.121. The van der Waals surface area contributed by atoms with E-state index < -0.39 is 22.7 Å². The van der Waals surface area contributed by atoms with E-state index in [2.05, 4.69) is 5.10 Å². The minimum Gasteiger partial charge on any atom is -0.299 e. The first-order valence-corrected chi connectivity index (χ1v) is 10.8. The van der Waals surface area contributed by atoms with E-state index in [-0.39, 0.29) is 23.5 Å². The lowest BCUT2D eigenvalue weighted by Gasteiger charge is -2.14. The fourth-order valence-corrected chi connectivity index (χ4v) is 4.16. The van der Waals surface area contributed by atoms with Crippen molar-refractivity contribution in [1.82, 2.24) is 14.5 Å². The normalized spacial score (nSPS) is 12.1. The van der Waals surface area contributed by atoms with Gasteiger partial charge in [0.25, 0.3) is 0 Å². The zero-order valence-corrected chi connectivity index (χ0v) is 17.4. The van der Waals surface area contributed by atoms with Gasteiger partial charge in [-0.1, -0.05) is 36.4 Å². The van der Waals surface area contributed by atoms with Gasteiger partial charge in [-0.25, -0.2) is 13.1 Å². The molecule has 6 nitrogen and oxygen atoms in total. The molecule has 0 fully saturated rings. The zero-order chi connectivity index (χ0) is 22.6. The number of carbonyl (C=O) groups is 1. The smallest absolute Gasteiger partial charge is 0.299 e. The highest BCUT2D eigenvalue weighted by atomic mass is 32.2. The Balaban J connectivity index is 1.94. The average molecular weight is 451 g/mol. The number of rotatable bonds is 8. The summed E-state index contributed by atoms with van der Waals surface area (Å²) < 4.78 is 65.3. The van der Waals surface area contributed by atoms with Crippen LogP contribution < -0.4 is 4.72 Å². The molecule has 2 aromatic carbocycles. The molecule has 0 aliphatic carbocycles. The number of aromatic nitrogens is 2. The number of carbonyl (C=O) groups excluding carboxylic acids is 1. The summed E-state index contributed by atoms with van der Waals surface area (Å²) in [6.45, 7) is -1.68. The molecule has 0 saturated heterocycles. The number of Topliss-reactive ketones (excluding diaryl/α,β-unsaturated/α-hetero) is 1. The summed E-state index contributed by atoms with van der Waals surface area (Å²) in [4.78, 5) is 12.3. The zero-order valence-electron chi connectivity index (χ0n) is 16.6. The Kier molecular flexibility index (Phi) is 6.61. The Labute approximate surface area is 177 Å². The van der Waals surface area contributed by atoms with E-state index in [1.165, 1.54) is 18.2 Å². The minimum atomic E-state index is -4.68. The van der Waals surface area contributed by atoms with E-state index in [4.69, 9.17) is 0 Å². The van der Waals surface area contributed by atoms with Crippen LogP contribution in [0.25, 0.3) is 11.1 Å². The van der Waals surface area contributed by atoms with Crippen LogP contribution in [0.4, 0.5) is 13.2 Å². The summed E-state index contributed by atoms with van der Waals surface area (Å²) in [7, 11) is -2.70. The summed E-state index contributed by atoms with van der Waals surface area (Å²) >= 11 is 0. The summed E-state index contributed by atoms with van der Waals surface area (Å²) in [5, 5.41) is 4.01. The van der Waals surface area contributed by atoms with Crippen LogP contribution in [0.5, 0.6) is 0 Å². The van der Waals surface area contributed by atoms with Crippen molar-refractivity contribution in [3.63, 3.8) is 0 Å². The molecular weight excluding hydrogens is 431 g/mol. The third-order valence-corrected chi connectivity index (χ3v) is 6.02. The monoisotopic (exact) mass is 451 g/mol. The maximum atomic E-state index is 12.7. The molecule has 0 spiro atoms. The Hall–Kier alpha value is -2.98. The van der Waals surface area contributed by atoms with Crippen molar-refractivity contribution in [3.05, 3.63) is 72.1 Å². The number of sulfonamides is 1. The van der Waals surface area contributed by atoms with Crippen molar-refractivity contribution in [2.75, 3.05) is 6.54 Å². The summed E-state index contributed by atoms with van der Waals surface area (Å²) in [6, 6.07) is 14.7. The number of nitrogens with one attached hydrogen (secondary N) is 1. The van der Waals surface area contributed by atoms with Gasteiger partial charge in [0.15, 0.2) is 0 Å². The van der Waals surface area contributed by atoms with Crippen molar-refractivity contribution >= 4 is 15.8 Å². The molecule has 1 heterocycles. The molecule has 10 heteroatoms. The van der Waals surface area contributed by atoms with Crippen LogP contribution in [0.2, 0.25) is 0 Å². The van der Waals surface area contributed by atoms with Crippen LogP contribution in [0.3, 0.4) is 0 Å². The Morgan fingerprint density at radius 3 is 2.39 bits per heavy atom. The number of nitrogens with zero attached hydrogens (tertiary/aromatic N) is 2. The third-order valence-electron chi connectivity index (χ3n) is 4.62. The van der Waals surface area contributed by atoms with E-state index in [0.717, 1.165) is 5.56 Å². The van der Waals surface area contributed by atoms with E-state index in [1.807, 2.05) is 6.07 Å². The number of aryl methyl sites for hydroxylation is 1. The van der Waals surface area contributed by atoms with Crippen LogP contribution in [0.1, 0.15) is 11.3 Å². The van der Waals surface area contributed by atoms with Crippen molar-refractivity contribution in [1.29, 1.82) is 0 Å². The molecule has 0 amide bonds. The summed E-state index contributed by atoms with van der Waals surface area (Å²) in [6.07, 6.45) is -3.11. The quantitative estimate of drug-likeness (QED) is 0.570. The molecule has 0 radical (unpaired) electrons. The maximum Gasteiger partial charge on any atom is 0.402 e. The summed E-state index contributed by atoms with van der Waals surface area (Å²) in [5.41, 5.74) is 2.50. The van der Waals surface area contributed by atoms with Gasteiger partial charge in [0.2, 0.25) is 10.0 Å². The maximum absolute atomic E-state index is 12.7. The standard InChI is InChI=1S/C21H20F3N3O3S/c1-27-17(9-10-25-27)13-18(28)11-16-12-19(31(29,30)26-14-21(22,23)24)7-8-20(16)15-5-3-2-4-6-15/h2-10,12,26H,11,13-14H2,1H3. The molecule has 31 heavy (non-hydrogen) atoms. The van der Waals surface area contributed by atoms with Gasteiger partial charge in [0, 0.05) is 31.8 Å². The van der Waals surface area contributed by atoms with Crippen molar-refractivity contribution in [2.45, 2.75) is 23.9 Å². The van der Waals surface area contributed by atoms with Gasteiger partial charge in [-0.3, -0.25) is 9.48 Å². The van der Waals surface area contributed by atoms with Crippen LogP contribution in [0, 0.1) is 0 Å². The highest BCUT2D eigenvalue weighted by Gasteiger charge is 2.30. The van der Waals surface area contributed by atoms with Crippen molar-refractivity contribution in [2.24, 2.45) is 7.05 Å². The number of hydrogen-bond acceptors (Lipinski definition) is 4. The van der Waals surface area contributed by atoms with Crippen LogP contribution in [-0.4, -0.2) is 36.7 Å². The molecule has 1 aromatic heterocycles. The molecule has 0 atom stereocenters. The Bertz CT molecular complexity index is 1170. The molecular formula is C21H20F3N3O3S. The van der Waals surface area contributed by atoms with Gasteiger partial charge >= 0.3 is 6.18 Å². The van der Waals surface area contributed by atoms with E-state index in [9.17, 15) is 26.4 Å². The molecule has 0 aliphatic rings. The Morgan fingerprint density at radius 2 is 1.77 bits per heavy atom. The number of halogens is 3. The van der Waals surface area contributed by atoms with Crippen LogP contribution in [0.15, 0.2) is 65.7 Å². The molecule has 164 valence electrons. The number of benzene rings is 2. The predicted octanol–water partition coefficient (Wildman–Crippen LogP) is 3.28. The second kappa shape index (κ2) is 9.03. The predicted molar refractivity (Wildman–Crippen MR) is 109 cm³/mol. The number of hydrogen-bond donors (Lipinski definition) is 1. The molecule has 0 unspecified atom stereocenters. The van der Waals surface area contributed by atoms with Gasteiger partial charge < -0.3 is 0 Å². The SMILES string of the molecule is Cn1nccc1CC(=O)Cc1cc(S(=O)(=O)NCC(F)(F)F)ccc1-c1ccccc1. The van der Waals surface area contributed by atoms with Gasteiger partial charge in [-0.15, -0.1) is 0 Å². The topological polar surface area (TPSA) is 81.1 Å². The molecule has 0 saturated carbocycles. The van der Waals surface area contributed by atoms with Crippen molar-refractivity contribution < 1.29 is 26.4 Å². The third kappa shape index (κ3) is 6.02. The van der Waals surface area contributed by atoms with Gasteiger partial charge in [-0.2, -0.15) is 18.3 Å². The number of alkyl halides is 3. The molecule has 3 rings (SSSR count). The fraction of sp³-hybridized carbons (Fsp3) is 0.238. The lowest BCUT2D eigenvalue weighted by Crippen LogP contribution is -2.33.